The van der Waals surface area contributed by atoms with E-state index in [9.17, 15) is 9.59 Å². The van der Waals surface area contributed by atoms with E-state index in [0.29, 0.717) is 21.4 Å². The zero-order valence-corrected chi connectivity index (χ0v) is 14.3. The SMILES string of the molecule is Cc1ccc(NC(=O)CC(=O)Nc2cc(Cl)cc(Cl)c2)c(C)c1. The minimum Gasteiger partial charge on any atom is -0.326 e. The van der Waals surface area contributed by atoms with Gasteiger partial charge in [-0.15, -0.1) is 0 Å². The van der Waals surface area contributed by atoms with Crippen LogP contribution >= 0.6 is 23.2 Å². The maximum atomic E-state index is 12.0. The van der Waals surface area contributed by atoms with Crippen molar-refractivity contribution >= 4 is 46.4 Å². The fourth-order valence-corrected chi connectivity index (χ4v) is 2.65. The van der Waals surface area contributed by atoms with E-state index < -0.39 is 5.91 Å². The summed E-state index contributed by atoms with van der Waals surface area (Å²) >= 11 is 11.7. The Kier molecular flexibility index (Phi) is 5.64. The molecule has 120 valence electrons. The summed E-state index contributed by atoms with van der Waals surface area (Å²) in [7, 11) is 0. The lowest BCUT2D eigenvalue weighted by molar-refractivity contribution is -0.123. The fraction of sp³-hybridized carbons (Fsp3) is 0.176. The molecule has 0 spiro atoms. The molecular formula is C17H16Cl2N2O2. The van der Waals surface area contributed by atoms with Crippen LogP contribution in [0.2, 0.25) is 10.0 Å². The molecule has 0 radical (unpaired) electrons. The molecule has 0 saturated carbocycles. The predicted octanol–water partition coefficient (Wildman–Crippen LogP) is 4.58. The molecule has 0 aliphatic carbocycles. The van der Waals surface area contributed by atoms with Crippen molar-refractivity contribution in [3.8, 4) is 0 Å². The van der Waals surface area contributed by atoms with Gasteiger partial charge in [-0.1, -0.05) is 40.9 Å². The lowest BCUT2D eigenvalue weighted by Crippen LogP contribution is -2.21. The Hall–Kier alpha value is -2.04. The molecule has 0 bridgehead atoms. The van der Waals surface area contributed by atoms with E-state index in [0.717, 1.165) is 11.1 Å². The number of hydrogen-bond acceptors (Lipinski definition) is 2. The molecule has 0 saturated heterocycles. The maximum Gasteiger partial charge on any atom is 0.233 e. The van der Waals surface area contributed by atoms with Crippen molar-refractivity contribution < 1.29 is 9.59 Å². The summed E-state index contributed by atoms with van der Waals surface area (Å²) in [4.78, 5) is 23.9. The third kappa shape index (κ3) is 5.27. The largest absolute Gasteiger partial charge is 0.326 e. The van der Waals surface area contributed by atoms with E-state index in [1.807, 2.05) is 32.0 Å². The minimum absolute atomic E-state index is 0.294. The zero-order valence-electron chi connectivity index (χ0n) is 12.7. The normalized spacial score (nSPS) is 10.3. The van der Waals surface area contributed by atoms with Gasteiger partial charge in [0.15, 0.2) is 0 Å². The lowest BCUT2D eigenvalue weighted by Gasteiger charge is -2.10. The number of rotatable bonds is 4. The summed E-state index contributed by atoms with van der Waals surface area (Å²) in [5.41, 5.74) is 3.20. The van der Waals surface area contributed by atoms with Crippen molar-refractivity contribution in [3.63, 3.8) is 0 Å². The average Bonchev–Trinajstić information content (AvgIpc) is 2.40. The van der Waals surface area contributed by atoms with Crippen LogP contribution in [0.3, 0.4) is 0 Å². The Morgan fingerprint density at radius 3 is 2.13 bits per heavy atom. The Morgan fingerprint density at radius 2 is 1.52 bits per heavy atom. The molecule has 0 fully saturated rings. The van der Waals surface area contributed by atoms with Gasteiger partial charge in [0.1, 0.15) is 6.42 Å². The van der Waals surface area contributed by atoms with E-state index >= 15 is 0 Å². The number of hydrogen-bond donors (Lipinski definition) is 2. The van der Waals surface area contributed by atoms with Crippen molar-refractivity contribution in [1.82, 2.24) is 0 Å². The molecule has 4 nitrogen and oxygen atoms in total. The number of aryl methyl sites for hydroxylation is 2. The van der Waals surface area contributed by atoms with Gasteiger partial charge >= 0.3 is 0 Å². The third-order valence-corrected chi connectivity index (χ3v) is 3.56. The van der Waals surface area contributed by atoms with Gasteiger partial charge in [-0.25, -0.2) is 0 Å². The first-order chi connectivity index (χ1) is 10.8. The van der Waals surface area contributed by atoms with E-state index in [-0.39, 0.29) is 12.3 Å². The Balaban J connectivity index is 1.95. The summed E-state index contributed by atoms with van der Waals surface area (Å²) in [5.74, 6) is -0.826. The second kappa shape index (κ2) is 7.49. The summed E-state index contributed by atoms with van der Waals surface area (Å²) in [6.07, 6.45) is -0.294. The van der Waals surface area contributed by atoms with Crippen LogP contribution in [0.5, 0.6) is 0 Å². The monoisotopic (exact) mass is 350 g/mol. The number of anilines is 2. The topological polar surface area (TPSA) is 58.2 Å². The van der Waals surface area contributed by atoms with Crippen LogP contribution in [0, 0.1) is 13.8 Å². The second-order valence-corrected chi connectivity index (χ2v) is 6.12. The van der Waals surface area contributed by atoms with Gasteiger partial charge in [0.25, 0.3) is 0 Å². The highest BCUT2D eigenvalue weighted by molar-refractivity contribution is 6.35. The first kappa shape index (κ1) is 17.3. The van der Waals surface area contributed by atoms with Crippen LogP contribution < -0.4 is 10.6 Å². The standard InChI is InChI=1S/C17H16Cl2N2O2/c1-10-3-4-15(11(2)5-10)21-17(23)9-16(22)20-14-7-12(18)6-13(19)8-14/h3-8H,9H2,1-2H3,(H,20,22)(H,21,23). The molecule has 6 heteroatoms. The summed E-state index contributed by atoms with van der Waals surface area (Å²) < 4.78 is 0. The number of carbonyl (C=O) groups is 2. The molecule has 2 aromatic rings. The minimum atomic E-state index is -0.439. The third-order valence-electron chi connectivity index (χ3n) is 3.12. The van der Waals surface area contributed by atoms with Crippen LogP contribution in [0.25, 0.3) is 0 Å². The van der Waals surface area contributed by atoms with Crippen LogP contribution in [0.15, 0.2) is 36.4 Å². The average molecular weight is 351 g/mol. The molecule has 0 unspecified atom stereocenters. The highest BCUT2D eigenvalue weighted by atomic mass is 35.5. The first-order valence-corrected chi connectivity index (χ1v) is 7.72. The molecule has 2 aromatic carbocycles. The molecule has 0 heterocycles. The smallest absolute Gasteiger partial charge is 0.233 e. The number of nitrogens with one attached hydrogen (secondary N) is 2. The van der Waals surface area contributed by atoms with Crippen molar-refractivity contribution in [3.05, 3.63) is 57.6 Å². The highest BCUT2D eigenvalue weighted by Gasteiger charge is 2.11. The van der Waals surface area contributed by atoms with Gasteiger partial charge < -0.3 is 10.6 Å². The molecule has 2 rings (SSSR count). The van der Waals surface area contributed by atoms with Gasteiger partial charge in [-0.2, -0.15) is 0 Å². The van der Waals surface area contributed by atoms with Crippen LogP contribution in [-0.2, 0) is 9.59 Å². The van der Waals surface area contributed by atoms with Gasteiger partial charge in [0, 0.05) is 21.4 Å². The summed E-state index contributed by atoms with van der Waals surface area (Å²) in [5, 5.41) is 6.14. The number of carbonyl (C=O) groups excluding carboxylic acids is 2. The van der Waals surface area contributed by atoms with E-state index in [1.54, 1.807) is 18.2 Å². The Labute approximate surface area is 144 Å². The Bertz CT molecular complexity index is 740. The molecule has 2 N–H and O–H groups in total. The van der Waals surface area contributed by atoms with Crippen LogP contribution in [0.4, 0.5) is 11.4 Å². The predicted molar refractivity (Wildman–Crippen MR) is 94.3 cm³/mol. The quantitative estimate of drug-likeness (QED) is 0.793. The van der Waals surface area contributed by atoms with Crippen molar-refractivity contribution in [2.75, 3.05) is 10.6 Å². The van der Waals surface area contributed by atoms with Crippen molar-refractivity contribution in [1.29, 1.82) is 0 Å². The van der Waals surface area contributed by atoms with Gasteiger partial charge in [0.05, 0.1) is 0 Å². The van der Waals surface area contributed by atoms with E-state index in [4.69, 9.17) is 23.2 Å². The van der Waals surface area contributed by atoms with E-state index in [1.165, 1.54) is 0 Å². The van der Waals surface area contributed by atoms with Crippen molar-refractivity contribution in [2.24, 2.45) is 0 Å². The molecule has 2 amide bonds. The summed E-state index contributed by atoms with van der Waals surface area (Å²) in [6, 6.07) is 10.4. The van der Waals surface area contributed by atoms with Crippen molar-refractivity contribution in [2.45, 2.75) is 20.3 Å². The molecule has 23 heavy (non-hydrogen) atoms. The number of halogens is 2. The number of benzene rings is 2. The van der Waals surface area contributed by atoms with Gasteiger partial charge in [-0.05, 0) is 43.7 Å². The summed E-state index contributed by atoms with van der Waals surface area (Å²) in [6.45, 7) is 3.87. The molecule has 0 aliphatic rings. The zero-order chi connectivity index (χ0) is 17.0. The van der Waals surface area contributed by atoms with Crippen LogP contribution in [0.1, 0.15) is 17.5 Å². The molecule has 0 atom stereocenters. The maximum absolute atomic E-state index is 12.0. The van der Waals surface area contributed by atoms with E-state index in [2.05, 4.69) is 10.6 Å². The molecular weight excluding hydrogens is 335 g/mol. The lowest BCUT2D eigenvalue weighted by atomic mass is 10.1. The molecule has 0 aromatic heterocycles. The van der Waals surface area contributed by atoms with Crippen LogP contribution in [-0.4, -0.2) is 11.8 Å². The highest BCUT2D eigenvalue weighted by Crippen LogP contribution is 2.22. The number of amides is 2. The fourth-order valence-electron chi connectivity index (χ4n) is 2.13. The molecule has 0 aliphatic heterocycles. The van der Waals surface area contributed by atoms with Gasteiger partial charge in [-0.3, -0.25) is 9.59 Å². The Morgan fingerprint density at radius 1 is 0.913 bits per heavy atom. The second-order valence-electron chi connectivity index (χ2n) is 5.25. The first-order valence-electron chi connectivity index (χ1n) is 6.96. The van der Waals surface area contributed by atoms with Gasteiger partial charge in [0.2, 0.25) is 11.8 Å².